The number of carboxylic acids is 1. The first-order chi connectivity index (χ1) is 20.0. The average molecular weight is 653 g/mol. The van der Waals surface area contributed by atoms with E-state index < -0.39 is 35.7 Å². The second-order valence-electron chi connectivity index (χ2n) is 11.4. The number of nitrogens with one attached hydrogen (secondary N) is 3. The van der Waals surface area contributed by atoms with Gasteiger partial charge in [0.05, 0.1) is 18.0 Å². The predicted octanol–water partition coefficient (Wildman–Crippen LogP) is 7.92. The van der Waals surface area contributed by atoms with E-state index in [1.165, 1.54) is 38.2 Å². The zero-order valence-electron chi connectivity index (χ0n) is 23.3. The quantitative estimate of drug-likeness (QED) is 0.221. The lowest BCUT2D eigenvalue weighted by molar-refractivity contribution is -0.138. The number of rotatable bonds is 9. The maximum atomic E-state index is 13.3. The van der Waals surface area contributed by atoms with Gasteiger partial charge in [-0.3, -0.25) is 9.59 Å². The van der Waals surface area contributed by atoms with Gasteiger partial charge in [0.1, 0.15) is 0 Å². The van der Waals surface area contributed by atoms with Crippen molar-refractivity contribution in [3.8, 4) is 0 Å². The van der Waals surface area contributed by atoms with Crippen molar-refractivity contribution in [3.05, 3.63) is 63.6 Å². The molecule has 0 bridgehead atoms. The molecule has 0 radical (unpaired) electrons. The fourth-order valence-electron chi connectivity index (χ4n) is 6.39. The number of alkyl halides is 3. The Morgan fingerprint density at radius 1 is 0.905 bits per heavy atom. The summed E-state index contributed by atoms with van der Waals surface area (Å²) >= 11 is 3.09. The number of hydrogen-bond donors (Lipinski definition) is 4. The maximum absolute atomic E-state index is 13.3. The van der Waals surface area contributed by atoms with Gasteiger partial charge in [-0.05, 0) is 79.3 Å². The van der Waals surface area contributed by atoms with Crippen LogP contribution in [0.2, 0.25) is 0 Å². The highest BCUT2D eigenvalue weighted by atomic mass is 79.9. The van der Waals surface area contributed by atoms with E-state index in [0.29, 0.717) is 11.5 Å². The largest absolute Gasteiger partial charge is 0.481 e. The van der Waals surface area contributed by atoms with Crippen LogP contribution in [0.3, 0.4) is 0 Å². The standard InChI is InChI=1S/C31H37BrF3N3O4/c32-25-16-24(31(33,34)35)17-26(18-25)37-30(42)38-28(21-8-6-20(7-9-21)19-4-2-1-3-5-19)22-10-12-23(13-11-22)29(41)36-15-14-27(39)40/h10-13,16-21,28H,1-9,14-15H2,(H,36,41)(H,39,40)(H2,37,38,42). The molecule has 4 rings (SSSR count). The molecule has 2 aliphatic carbocycles. The number of halogens is 4. The summed E-state index contributed by atoms with van der Waals surface area (Å²) < 4.78 is 40.1. The van der Waals surface area contributed by atoms with Crippen molar-refractivity contribution in [2.75, 3.05) is 11.9 Å². The van der Waals surface area contributed by atoms with Crippen molar-refractivity contribution in [1.82, 2.24) is 10.6 Å². The van der Waals surface area contributed by atoms with Crippen molar-refractivity contribution in [3.63, 3.8) is 0 Å². The first-order valence-electron chi connectivity index (χ1n) is 14.5. The summed E-state index contributed by atoms with van der Waals surface area (Å²) in [7, 11) is 0. The molecular formula is C31H37BrF3N3O4. The third-order valence-electron chi connectivity index (χ3n) is 8.53. The predicted molar refractivity (Wildman–Crippen MR) is 157 cm³/mol. The van der Waals surface area contributed by atoms with Gasteiger partial charge in [-0.2, -0.15) is 13.2 Å². The number of amides is 3. The molecule has 3 amide bonds. The molecule has 2 saturated carbocycles. The van der Waals surface area contributed by atoms with Crippen LogP contribution in [0, 0.1) is 17.8 Å². The lowest BCUT2D eigenvalue weighted by Gasteiger charge is -2.38. The van der Waals surface area contributed by atoms with E-state index in [2.05, 4.69) is 31.9 Å². The number of anilines is 1. The van der Waals surface area contributed by atoms with Gasteiger partial charge < -0.3 is 21.1 Å². The molecule has 0 saturated heterocycles. The molecule has 2 aromatic carbocycles. The third kappa shape index (κ3) is 8.96. The molecule has 1 atom stereocenters. The molecule has 228 valence electrons. The lowest BCUT2D eigenvalue weighted by atomic mass is 9.69. The summed E-state index contributed by atoms with van der Waals surface area (Å²) in [5, 5.41) is 16.9. The molecule has 2 aromatic rings. The van der Waals surface area contributed by atoms with Crippen LogP contribution >= 0.6 is 15.9 Å². The monoisotopic (exact) mass is 651 g/mol. The summed E-state index contributed by atoms with van der Waals surface area (Å²) in [6.45, 7) is 0.0101. The van der Waals surface area contributed by atoms with Crippen LogP contribution in [-0.4, -0.2) is 29.6 Å². The van der Waals surface area contributed by atoms with E-state index in [0.717, 1.165) is 49.3 Å². The Kier molecular flexibility index (Phi) is 10.9. The number of hydrogen-bond acceptors (Lipinski definition) is 3. The van der Waals surface area contributed by atoms with Gasteiger partial charge in [-0.1, -0.05) is 60.2 Å². The molecule has 42 heavy (non-hydrogen) atoms. The van der Waals surface area contributed by atoms with E-state index in [4.69, 9.17) is 5.11 Å². The van der Waals surface area contributed by atoms with Gasteiger partial charge in [-0.15, -0.1) is 0 Å². The molecule has 0 heterocycles. The maximum Gasteiger partial charge on any atom is 0.416 e. The summed E-state index contributed by atoms with van der Waals surface area (Å²) in [6, 6.07) is 9.05. The highest BCUT2D eigenvalue weighted by Crippen LogP contribution is 2.43. The fourth-order valence-corrected chi connectivity index (χ4v) is 6.88. The van der Waals surface area contributed by atoms with Crippen molar-refractivity contribution in [1.29, 1.82) is 0 Å². The Hall–Kier alpha value is -3.08. The smallest absolute Gasteiger partial charge is 0.416 e. The normalized spacial score (nSPS) is 20.4. The molecule has 11 heteroatoms. The topological polar surface area (TPSA) is 108 Å². The van der Waals surface area contributed by atoms with Gasteiger partial charge in [-0.25, -0.2) is 4.79 Å². The van der Waals surface area contributed by atoms with Crippen molar-refractivity contribution >= 4 is 39.5 Å². The summed E-state index contributed by atoms with van der Waals surface area (Å²) in [4.78, 5) is 36.3. The second-order valence-corrected chi connectivity index (χ2v) is 12.3. The van der Waals surface area contributed by atoms with Gasteiger partial charge in [0, 0.05) is 22.3 Å². The SMILES string of the molecule is O=C(O)CCNC(=O)c1ccc(C(NC(=O)Nc2cc(Br)cc(C(F)(F)F)c2)C2CCC(C3CCCCC3)CC2)cc1. The molecule has 0 aromatic heterocycles. The minimum Gasteiger partial charge on any atom is -0.481 e. The van der Waals surface area contributed by atoms with Gasteiger partial charge in [0.15, 0.2) is 0 Å². The number of carbonyl (C=O) groups excluding carboxylic acids is 2. The zero-order valence-corrected chi connectivity index (χ0v) is 24.9. The van der Waals surface area contributed by atoms with E-state index >= 15 is 0 Å². The Morgan fingerprint density at radius 3 is 2.17 bits per heavy atom. The van der Waals surface area contributed by atoms with Crippen LogP contribution in [0.25, 0.3) is 0 Å². The summed E-state index contributed by atoms with van der Waals surface area (Å²) in [6.07, 6.45) is 5.67. The van der Waals surface area contributed by atoms with Crippen LogP contribution in [0.1, 0.15) is 91.7 Å². The van der Waals surface area contributed by atoms with Crippen LogP contribution in [0.4, 0.5) is 23.7 Å². The minimum absolute atomic E-state index is 0.0101. The number of carboxylic acid groups (broad SMARTS) is 1. The molecule has 7 nitrogen and oxygen atoms in total. The lowest BCUT2D eigenvalue weighted by Crippen LogP contribution is -2.38. The first kappa shape index (κ1) is 31.8. The molecule has 4 N–H and O–H groups in total. The van der Waals surface area contributed by atoms with Crippen LogP contribution in [-0.2, 0) is 11.0 Å². The van der Waals surface area contributed by atoms with Gasteiger partial charge in [0.2, 0.25) is 0 Å². The van der Waals surface area contributed by atoms with E-state index in [-0.39, 0.29) is 29.0 Å². The second kappa shape index (κ2) is 14.4. The van der Waals surface area contributed by atoms with Gasteiger partial charge >= 0.3 is 18.2 Å². The first-order valence-corrected chi connectivity index (χ1v) is 15.3. The Bertz CT molecular complexity index is 1240. The van der Waals surface area contributed by atoms with E-state index in [1.807, 2.05) is 0 Å². The highest BCUT2D eigenvalue weighted by Gasteiger charge is 2.34. The number of benzene rings is 2. The number of urea groups is 1. The Labute approximate surface area is 252 Å². The molecular weight excluding hydrogens is 615 g/mol. The number of aliphatic carboxylic acids is 1. The van der Waals surface area contributed by atoms with Crippen molar-refractivity contribution < 1.29 is 32.7 Å². The average Bonchev–Trinajstić information content (AvgIpc) is 2.95. The van der Waals surface area contributed by atoms with Crippen LogP contribution in [0.5, 0.6) is 0 Å². The summed E-state index contributed by atoms with van der Waals surface area (Å²) in [5.74, 6) is 0.156. The molecule has 2 fully saturated rings. The van der Waals surface area contributed by atoms with Crippen LogP contribution in [0.15, 0.2) is 46.9 Å². The third-order valence-corrected chi connectivity index (χ3v) is 8.99. The fraction of sp³-hybridized carbons (Fsp3) is 0.516. The zero-order chi connectivity index (χ0) is 30.3. The molecule has 0 aliphatic heterocycles. The Morgan fingerprint density at radius 2 is 1.55 bits per heavy atom. The molecule has 1 unspecified atom stereocenters. The Balaban J connectivity index is 1.48. The van der Waals surface area contributed by atoms with Gasteiger partial charge in [0.25, 0.3) is 5.91 Å². The number of carbonyl (C=O) groups is 3. The minimum atomic E-state index is -4.56. The van der Waals surface area contributed by atoms with Crippen LogP contribution < -0.4 is 16.0 Å². The molecule has 2 aliphatic rings. The van der Waals surface area contributed by atoms with E-state index in [1.54, 1.807) is 24.3 Å². The van der Waals surface area contributed by atoms with E-state index in [9.17, 15) is 27.6 Å². The van der Waals surface area contributed by atoms with Crippen molar-refractivity contribution in [2.24, 2.45) is 17.8 Å². The molecule has 0 spiro atoms. The summed E-state index contributed by atoms with van der Waals surface area (Å²) in [5.41, 5.74) is 0.296. The van der Waals surface area contributed by atoms with Crippen molar-refractivity contribution in [2.45, 2.75) is 76.4 Å². The highest BCUT2D eigenvalue weighted by molar-refractivity contribution is 9.10.